The molecule has 0 spiro atoms. The molecule has 0 aliphatic carbocycles. The fourth-order valence-corrected chi connectivity index (χ4v) is 1.89. The number of amides is 1. The van der Waals surface area contributed by atoms with Gasteiger partial charge in [0.05, 0.1) is 6.04 Å². The van der Waals surface area contributed by atoms with Gasteiger partial charge in [0.25, 0.3) is 0 Å². The Morgan fingerprint density at radius 1 is 1.44 bits per heavy atom. The van der Waals surface area contributed by atoms with E-state index in [-0.39, 0.29) is 18.2 Å². The maximum absolute atomic E-state index is 11.2. The Morgan fingerprint density at radius 2 is 2.06 bits per heavy atom. The van der Waals surface area contributed by atoms with Crippen LogP contribution in [-0.4, -0.2) is 18.2 Å². The van der Waals surface area contributed by atoms with Gasteiger partial charge in [-0.15, -0.1) is 0 Å². The molecule has 1 aliphatic heterocycles. The Morgan fingerprint density at radius 3 is 2.56 bits per heavy atom. The normalized spacial score (nSPS) is 24.8. The van der Waals surface area contributed by atoms with Crippen LogP contribution in [0.1, 0.15) is 40.5 Å². The SMILES string of the molecule is C=C(C[C@@H]1OC(=O)N[C@H]1CC(C)C)C(C)C. The van der Waals surface area contributed by atoms with E-state index < -0.39 is 0 Å². The monoisotopic (exact) mass is 225 g/mol. The summed E-state index contributed by atoms with van der Waals surface area (Å²) in [5, 5.41) is 2.88. The molecule has 92 valence electrons. The predicted octanol–water partition coefficient (Wildman–Crippen LogP) is 3.11. The number of cyclic esters (lactones) is 1. The lowest BCUT2D eigenvalue weighted by molar-refractivity contribution is 0.127. The van der Waals surface area contributed by atoms with E-state index in [1.807, 2.05) is 0 Å². The molecule has 16 heavy (non-hydrogen) atoms. The third-order valence-corrected chi connectivity index (χ3v) is 3.02. The third-order valence-electron chi connectivity index (χ3n) is 3.02. The topological polar surface area (TPSA) is 38.3 Å². The second-order valence-corrected chi connectivity index (χ2v) is 5.34. The van der Waals surface area contributed by atoms with Gasteiger partial charge < -0.3 is 10.1 Å². The molecule has 1 rings (SSSR count). The first-order chi connectivity index (χ1) is 7.40. The molecule has 0 saturated carbocycles. The van der Waals surface area contributed by atoms with Crippen LogP contribution in [0.15, 0.2) is 12.2 Å². The van der Waals surface area contributed by atoms with Crippen LogP contribution in [0.25, 0.3) is 0 Å². The molecular formula is C13H23NO2. The average Bonchev–Trinajstić information content (AvgIpc) is 2.45. The number of rotatable bonds is 5. The van der Waals surface area contributed by atoms with Crippen LogP contribution >= 0.6 is 0 Å². The van der Waals surface area contributed by atoms with E-state index in [1.54, 1.807) is 0 Å². The smallest absolute Gasteiger partial charge is 0.407 e. The van der Waals surface area contributed by atoms with Crippen molar-refractivity contribution < 1.29 is 9.53 Å². The van der Waals surface area contributed by atoms with Crippen LogP contribution in [-0.2, 0) is 4.74 Å². The molecule has 1 saturated heterocycles. The summed E-state index contributed by atoms with van der Waals surface area (Å²) in [6, 6.07) is 0.142. The molecule has 0 bridgehead atoms. The maximum atomic E-state index is 11.2. The van der Waals surface area contributed by atoms with Crippen LogP contribution in [0.2, 0.25) is 0 Å². The molecule has 1 aliphatic rings. The van der Waals surface area contributed by atoms with Crippen molar-refractivity contribution in [2.75, 3.05) is 0 Å². The molecule has 0 aromatic carbocycles. The summed E-state index contributed by atoms with van der Waals surface area (Å²) in [4.78, 5) is 11.2. The largest absolute Gasteiger partial charge is 0.444 e. The van der Waals surface area contributed by atoms with Crippen LogP contribution in [0.4, 0.5) is 4.79 Å². The summed E-state index contributed by atoms with van der Waals surface area (Å²) in [5.74, 6) is 1.00. The molecule has 1 N–H and O–H groups in total. The fourth-order valence-electron chi connectivity index (χ4n) is 1.89. The van der Waals surface area contributed by atoms with Gasteiger partial charge >= 0.3 is 6.09 Å². The zero-order valence-corrected chi connectivity index (χ0v) is 10.7. The maximum Gasteiger partial charge on any atom is 0.407 e. The lowest BCUT2D eigenvalue weighted by Crippen LogP contribution is -2.33. The average molecular weight is 225 g/mol. The Hall–Kier alpha value is -0.990. The van der Waals surface area contributed by atoms with Crippen LogP contribution in [0.5, 0.6) is 0 Å². The highest BCUT2D eigenvalue weighted by molar-refractivity contribution is 5.70. The quantitative estimate of drug-likeness (QED) is 0.730. The third kappa shape index (κ3) is 3.54. The first kappa shape index (κ1) is 13.1. The highest BCUT2D eigenvalue weighted by Crippen LogP contribution is 2.24. The number of hydrogen-bond acceptors (Lipinski definition) is 2. The zero-order valence-electron chi connectivity index (χ0n) is 10.7. The van der Waals surface area contributed by atoms with Crippen molar-refractivity contribution >= 4 is 6.09 Å². The molecule has 2 atom stereocenters. The summed E-state index contributed by atoms with van der Waals surface area (Å²) >= 11 is 0. The highest BCUT2D eigenvalue weighted by atomic mass is 16.6. The van der Waals surface area contributed by atoms with E-state index in [2.05, 4.69) is 39.6 Å². The van der Waals surface area contributed by atoms with E-state index >= 15 is 0 Å². The van der Waals surface area contributed by atoms with E-state index in [9.17, 15) is 4.79 Å². The van der Waals surface area contributed by atoms with E-state index in [0.717, 1.165) is 18.4 Å². The summed E-state index contributed by atoms with van der Waals surface area (Å²) in [6.07, 6.45) is 1.41. The molecule has 0 aromatic heterocycles. The number of nitrogens with one attached hydrogen (secondary N) is 1. The van der Waals surface area contributed by atoms with E-state index in [4.69, 9.17) is 4.74 Å². The van der Waals surface area contributed by atoms with Gasteiger partial charge in [-0.05, 0) is 18.3 Å². The molecule has 0 radical (unpaired) electrons. The molecule has 0 unspecified atom stereocenters. The van der Waals surface area contributed by atoms with Gasteiger partial charge in [-0.3, -0.25) is 0 Å². The van der Waals surface area contributed by atoms with Crippen molar-refractivity contribution in [1.29, 1.82) is 0 Å². The molecular weight excluding hydrogens is 202 g/mol. The van der Waals surface area contributed by atoms with Crippen molar-refractivity contribution in [2.24, 2.45) is 11.8 Å². The molecule has 1 amide bonds. The predicted molar refractivity (Wildman–Crippen MR) is 65.2 cm³/mol. The summed E-state index contributed by atoms with van der Waals surface area (Å²) in [6.45, 7) is 12.6. The van der Waals surface area contributed by atoms with Gasteiger partial charge in [-0.2, -0.15) is 0 Å². The summed E-state index contributed by atoms with van der Waals surface area (Å²) in [7, 11) is 0. The summed E-state index contributed by atoms with van der Waals surface area (Å²) in [5.41, 5.74) is 1.15. The number of carbonyl (C=O) groups excluding carboxylic acids is 1. The fraction of sp³-hybridized carbons (Fsp3) is 0.769. The van der Waals surface area contributed by atoms with Gasteiger partial charge in [0, 0.05) is 6.42 Å². The minimum absolute atomic E-state index is 0.0372. The Bertz CT molecular complexity index is 271. The molecule has 3 nitrogen and oxygen atoms in total. The first-order valence-electron chi connectivity index (χ1n) is 6.05. The second-order valence-electron chi connectivity index (χ2n) is 5.34. The molecule has 0 aromatic rings. The number of hydrogen-bond donors (Lipinski definition) is 1. The van der Waals surface area contributed by atoms with Gasteiger partial charge in [0.2, 0.25) is 0 Å². The Labute approximate surface area is 98.2 Å². The lowest BCUT2D eigenvalue weighted by Gasteiger charge is -2.20. The van der Waals surface area contributed by atoms with Crippen LogP contribution in [0.3, 0.4) is 0 Å². The van der Waals surface area contributed by atoms with Crippen LogP contribution in [0, 0.1) is 11.8 Å². The number of carbonyl (C=O) groups is 1. The van der Waals surface area contributed by atoms with Crippen LogP contribution < -0.4 is 5.32 Å². The minimum atomic E-state index is -0.285. The Balaban J connectivity index is 2.56. The van der Waals surface area contributed by atoms with Crippen molar-refractivity contribution in [3.8, 4) is 0 Å². The van der Waals surface area contributed by atoms with E-state index in [0.29, 0.717) is 11.8 Å². The lowest BCUT2D eigenvalue weighted by atomic mass is 9.92. The van der Waals surface area contributed by atoms with Crippen molar-refractivity contribution in [3.05, 3.63) is 12.2 Å². The van der Waals surface area contributed by atoms with Gasteiger partial charge in [-0.1, -0.05) is 39.8 Å². The van der Waals surface area contributed by atoms with Crippen molar-refractivity contribution in [1.82, 2.24) is 5.32 Å². The summed E-state index contributed by atoms with van der Waals surface area (Å²) < 4.78 is 5.28. The minimum Gasteiger partial charge on any atom is -0.444 e. The first-order valence-corrected chi connectivity index (χ1v) is 6.05. The standard InChI is InChI=1S/C13H23NO2/c1-8(2)6-11-12(16-13(15)14-11)7-10(5)9(3)4/h8-9,11-12H,5-7H2,1-4H3,(H,14,15)/t11-,12-/m0/s1. The zero-order chi connectivity index (χ0) is 12.3. The number of ether oxygens (including phenoxy) is 1. The highest BCUT2D eigenvalue weighted by Gasteiger charge is 2.34. The van der Waals surface area contributed by atoms with Crippen molar-refractivity contribution in [3.63, 3.8) is 0 Å². The van der Waals surface area contributed by atoms with Gasteiger partial charge in [0.15, 0.2) is 0 Å². The molecule has 1 heterocycles. The van der Waals surface area contributed by atoms with Gasteiger partial charge in [0.1, 0.15) is 6.10 Å². The van der Waals surface area contributed by atoms with E-state index in [1.165, 1.54) is 0 Å². The van der Waals surface area contributed by atoms with Gasteiger partial charge in [-0.25, -0.2) is 4.79 Å². The molecule has 1 fully saturated rings. The molecule has 3 heteroatoms. The van der Waals surface area contributed by atoms with Crippen molar-refractivity contribution in [2.45, 2.75) is 52.7 Å². The number of alkyl carbamates (subject to hydrolysis) is 1. The Kier molecular flexibility index (Phi) is 4.39. The second kappa shape index (κ2) is 5.37.